The van der Waals surface area contributed by atoms with Gasteiger partial charge in [-0.15, -0.1) is 0 Å². The number of hydrogen-bond acceptors (Lipinski definition) is 3. The van der Waals surface area contributed by atoms with E-state index in [1.165, 1.54) is 21.6 Å². The number of nitrogen functional groups attached to an aromatic ring is 1. The SMILES string of the molecule is C=c1c2cccc3snc(c4cccc(N)c14)c32. The van der Waals surface area contributed by atoms with E-state index < -0.39 is 0 Å². The molecule has 0 unspecified atom stereocenters. The van der Waals surface area contributed by atoms with Gasteiger partial charge in [-0.25, -0.2) is 0 Å². The van der Waals surface area contributed by atoms with E-state index in [0.29, 0.717) is 0 Å². The van der Waals surface area contributed by atoms with Crippen molar-refractivity contribution in [3.63, 3.8) is 0 Å². The topological polar surface area (TPSA) is 38.9 Å². The maximum absolute atomic E-state index is 6.10. The van der Waals surface area contributed by atoms with Crippen molar-refractivity contribution < 1.29 is 0 Å². The Labute approximate surface area is 107 Å². The minimum atomic E-state index is 0.771. The van der Waals surface area contributed by atoms with E-state index in [1.54, 1.807) is 0 Å². The van der Waals surface area contributed by atoms with Crippen LogP contribution in [0.4, 0.5) is 5.69 Å². The third-order valence-electron chi connectivity index (χ3n) is 3.48. The van der Waals surface area contributed by atoms with Crippen LogP contribution >= 0.6 is 11.5 Å². The second-order valence-corrected chi connectivity index (χ2v) is 5.26. The van der Waals surface area contributed by atoms with E-state index in [4.69, 9.17) is 5.73 Å². The van der Waals surface area contributed by atoms with Gasteiger partial charge in [0.15, 0.2) is 0 Å². The first-order valence-electron chi connectivity index (χ1n) is 5.74. The summed E-state index contributed by atoms with van der Waals surface area (Å²) in [5, 5.41) is 5.50. The van der Waals surface area contributed by atoms with Crippen LogP contribution in [0.3, 0.4) is 0 Å². The van der Waals surface area contributed by atoms with E-state index in [9.17, 15) is 0 Å². The normalized spacial score (nSPS) is 11.8. The quantitative estimate of drug-likeness (QED) is 0.384. The Kier molecular flexibility index (Phi) is 1.76. The maximum Gasteiger partial charge on any atom is 0.0932 e. The molecule has 0 bridgehead atoms. The van der Waals surface area contributed by atoms with Gasteiger partial charge in [-0.05, 0) is 34.3 Å². The Morgan fingerprint density at radius 2 is 1.78 bits per heavy atom. The summed E-state index contributed by atoms with van der Waals surface area (Å²) in [7, 11) is 0. The molecule has 0 saturated heterocycles. The highest BCUT2D eigenvalue weighted by atomic mass is 32.1. The first kappa shape index (κ1) is 9.85. The highest BCUT2D eigenvalue weighted by Gasteiger charge is 2.12. The van der Waals surface area contributed by atoms with Crippen LogP contribution in [-0.4, -0.2) is 4.37 Å². The molecule has 4 rings (SSSR count). The number of hydrogen-bond donors (Lipinski definition) is 1. The highest BCUT2D eigenvalue weighted by Crippen LogP contribution is 2.33. The van der Waals surface area contributed by atoms with Gasteiger partial charge in [0.1, 0.15) is 0 Å². The van der Waals surface area contributed by atoms with Crippen molar-refractivity contribution in [1.82, 2.24) is 4.37 Å². The fourth-order valence-corrected chi connectivity index (χ4v) is 3.48. The van der Waals surface area contributed by atoms with Gasteiger partial charge in [0.25, 0.3) is 0 Å². The number of benzene rings is 3. The molecule has 1 heterocycles. The van der Waals surface area contributed by atoms with Crippen molar-refractivity contribution in [2.45, 2.75) is 0 Å². The Morgan fingerprint density at radius 1 is 1.00 bits per heavy atom. The number of anilines is 1. The maximum atomic E-state index is 6.10. The summed E-state index contributed by atoms with van der Waals surface area (Å²) in [5.74, 6) is 0. The summed E-state index contributed by atoms with van der Waals surface area (Å²) in [6.45, 7) is 4.22. The Morgan fingerprint density at radius 3 is 2.67 bits per heavy atom. The average molecular weight is 250 g/mol. The molecular weight excluding hydrogens is 240 g/mol. The second kappa shape index (κ2) is 3.21. The molecular formula is C15H10N2S. The molecule has 3 aromatic carbocycles. The van der Waals surface area contributed by atoms with Gasteiger partial charge in [-0.1, -0.05) is 30.8 Å². The molecule has 4 aromatic rings. The fourth-order valence-electron chi connectivity index (χ4n) is 2.67. The van der Waals surface area contributed by atoms with Gasteiger partial charge in [0.2, 0.25) is 0 Å². The molecule has 0 fully saturated rings. The average Bonchev–Trinajstić information content (AvgIpc) is 2.80. The third kappa shape index (κ3) is 1.05. The van der Waals surface area contributed by atoms with Crippen molar-refractivity contribution >= 4 is 55.6 Å². The van der Waals surface area contributed by atoms with Crippen molar-refractivity contribution in [2.24, 2.45) is 0 Å². The molecule has 0 aliphatic heterocycles. The molecule has 0 atom stereocenters. The van der Waals surface area contributed by atoms with Gasteiger partial charge in [0.05, 0.1) is 10.2 Å². The first-order chi connectivity index (χ1) is 8.77. The third-order valence-corrected chi connectivity index (χ3v) is 4.29. The molecule has 0 radical (unpaired) electrons. The van der Waals surface area contributed by atoms with Crippen molar-refractivity contribution in [3.05, 3.63) is 41.6 Å². The van der Waals surface area contributed by atoms with E-state index in [-0.39, 0.29) is 0 Å². The summed E-state index contributed by atoms with van der Waals surface area (Å²) < 4.78 is 5.79. The van der Waals surface area contributed by atoms with Crippen LogP contribution < -0.4 is 11.0 Å². The number of rotatable bonds is 0. The Bertz CT molecular complexity index is 953. The lowest BCUT2D eigenvalue weighted by molar-refractivity contribution is 1.68. The minimum Gasteiger partial charge on any atom is -0.398 e. The predicted molar refractivity (Wildman–Crippen MR) is 79.8 cm³/mol. The Balaban J connectivity index is 2.52. The van der Waals surface area contributed by atoms with Crippen molar-refractivity contribution in [1.29, 1.82) is 0 Å². The molecule has 3 heteroatoms. The summed E-state index contributed by atoms with van der Waals surface area (Å²) in [6.07, 6.45) is 0. The number of nitrogens with zero attached hydrogens (tertiary/aromatic N) is 1. The predicted octanol–water partition coefficient (Wildman–Crippen LogP) is 3.31. The molecule has 0 aliphatic rings. The summed E-state index contributed by atoms with van der Waals surface area (Å²) in [4.78, 5) is 0. The minimum absolute atomic E-state index is 0.771. The Hall–Kier alpha value is -2.13. The monoisotopic (exact) mass is 250 g/mol. The largest absolute Gasteiger partial charge is 0.398 e. The van der Waals surface area contributed by atoms with Crippen LogP contribution in [0.5, 0.6) is 0 Å². The molecule has 2 N–H and O–H groups in total. The number of aromatic nitrogens is 1. The van der Waals surface area contributed by atoms with Crippen LogP contribution in [0.1, 0.15) is 0 Å². The number of nitrogens with two attached hydrogens (primary N) is 1. The molecule has 0 spiro atoms. The zero-order chi connectivity index (χ0) is 12.3. The smallest absolute Gasteiger partial charge is 0.0932 e. The lowest BCUT2D eigenvalue weighted by Crippen LogP contribution is -2.05. The second-order valence-electron chi connectivity index (χ2n) is 4.46. The molecule has 0 aliphatic carbocycles. The standard InChI is InChI=1S/C15H10N2S/c1-8-9-4-3-7-12-14(9)15(17-18-12)10-5-2-6-11(16)13(8)10/h2-7H,1,16H2. The lowest BCUT2D eigenvalue weighted by Gasteiger charge is -2.06. The zero-order valence-electron chi connectivity index (χ0n) is 9.60. The van der Waals surface area contributed by atoms with Gasteiger partial charge >= 0.3 is 0 Å². The molecule has 86 valence electrons. The van der Waals surface area contributed by atoms with Crippen LogP contribution in [0, 0.1) is 0 Å². The van der Waals surface area contributed by atoms with Crippen LogP contribution in [-0.2, 0) is 0 Å². The summed E-state index contributed by atoms with van der Waals surface area (Å²) >= 11 is 1.53. The molecule has 0 amide bonds. The highest BCUT2D eigenvalue weighted by molar-refractivity contribution is 7.14. The van der Waals surface area contributed by atoms with Crippen molar-refractivity contribution in [3.8, 4) is 0 Å². The molecule has 2 nitrogen and oxygen atoms in total. The molecule has 18 heavy (non-hydrogen) atoms. The van der Waals surface area contributed by atoms with Crippen molar-refractivity contribution in [2.75, 3.05) is 5.73 Å². The van der Waals surface area contributed by atoms with Gasteiger partial charge in [-0.3, -0.25) is 0 Å². The summed E-state index contributed by atoms with van der Waals surface area (Å²) in [6, 6.07) is 12.2. The van der Waals surface area contributed by atoms with E-state index in [1.807, 2.05) is 12.1 Å². The van der Waals surface area contributed by atoms with Gasteiger partial charge in [0, 0.05) is 21.8 Å². The van der Waals surface area contributed by atoms with Crippen LogP contribution in [0.2, 0.25) is 0 Å². The van der Waals surface area contributed by atoms with Crippen LogP contribution in [0.25, 0.3) is 38.3 Å². The fraction of sp³-hybridized carbons (Fsp3) is 0. The molecule has 1 aromatic heterocycles. The first-order valence-corrected chi connectivity index (χ1v) is 6.51. The number of fused-ring (bicyclic) bond motifs is 2. The van der Waals surface area contributed by atoms with E-state index in [0.717, 1.165) is 32.6 Å². The van der Waals surface area contributed by atoms with Crippen LogP contribution in [0.15, 0.2) is 36.4 Å². The summed E-state index contributed by atoms with van der Waals surface area (Å²) in [5.41, 5.74) is 7.91. The van der Waals surface area contributed by atoms with E-state index >= 15 is 0 Å². The van der Waals surface area contributed by atoms with E-state index in [2.05, 4.69) is 35.2 Å². The van der Waals surface area contributed by atoms with Gasteiger partial charge in [-0.2, -0.15) is 4.37 Å². The molecule has 0 saturated carbocycles. The van der Waals surface area contributed by atoms with Gasteiger partial charge < -0.3 is 5.73 Å². The zero-order valence-corrected chi connectivity index (χ0v) is 10.4. The lowest BCUT2D eigenvalue weighted by atomic mass is 9.99.